The summed E-state index contributed by atoms with van der Waals surface area (Å²) in [5.74, 6) is -0.391. The third-order valence-corrected chi connectivity index (χ3v) is 5.88. The number of nitrogens with zero attached hydrogens (tertiary/aromatic N) is 5. The van der Waals surface area contributed by atoms with Crippen LogP contribution in [0.3, 0.4) is 0 Å². The highest BCUT2D eigenvalue weighted by atomic mass is 16.4. The van der Waals surface area contributed by atoms with Gasteiger partial charge in [0.2, 0.25) is 5.91 Å². The number of carbonyl (C=O) groups is 2. The Bertz CT molecular complexity index is 1430. The van der Waals surface area contributed by atoms with Crippen molar-refractivity contribution in [2.75, 3.05) is 11.1 Å². The summed E-state index contributed by atoms with van der Waals surface area (Å²) >= 11 is 0. The van der Waals surface area contributed by atoms with Crippen molar-refractivity contribution < 1.29 is 14.7 Å². The van der Waals surface area contributed by atoms with Crippen molar-refractivity contribution in [3.8, 4) is 11.3 Å². The number of carboxylic acid groups (broad SMARTS) is 1. The number of nitrogens with two attached hydrogens (primary N) is 1. The number of pyridine rings is 3. The Morgan fingerprint density at radius 3 is 2.70 bits per heavy atom. The average Bonchev–Trinajstić information content (AvgIpc) is 3.46. The number of amides is 1. The molecule has 0 spiro atoms. The Morgan fingerprint density at radius 2 is 2.00 bits per heavy atom. The van der Waals surface area contributed by atoms with Crippen molar-refractivity contribution in [1.82, 2.24) is 24.7 Å². The number of fused-ring (bicyclic) bond motifs is 1. The zero-order chi connectivity index (χ0) is 23.3. The summed E-state index contributed by atoms with van der Waals surface area (Å²) in [5, 5.41) is 17.6. The fraction of sp³-hybridized carbons (Fsp3) is 0.217. The van der Waals surface area contributed by atoms with E-state index in [0.717, 1.165) is 17.4 Å². The molecule has 0 bridgehead atoms. The molecular weight excluding hydrogens is 422 g/mol. The van der Waals surface area contributed by atoms with Crippen LogP contribution in [-0.4, -0.2) is 41.7 Å². The number of carbonyl (C=O) groups excluding carboxylic acids is 1. The maximum absolute atomic E-state index is 12.7. The molecule has 4 N–H and O–H groups in total. The second kappa shape index (κ2) is 7.66. The molecule has 10 heteroatoms. The highest BCUT2D eigenvalue weighted by Crippen LogP contribution is 2.47. The summed E-state index contributed by atoms with van der Waals surface area (Å²) in [4.78, 5) is 36.6. The van der Waals surface area contributed by atoms with Gasteiger partial charge in [-0.25, -0.2) is 19.7 Å². The summed E-state index contributed by atoms with van der Waals surface area (Å²) in [6.07, 6.45) is 7.57. The Kier molecular flexibility index (Phi) is 4.77. The lowest BCUT2D eigenvalue weighted by Crippen LogP contribution is -2.15. The monoisotopic (exact) mass is 443 g/mol. The fourth-order valence-electron chi connectivity index (χ4n) is 4.03. The van der Waals surface area contributed by atoms with Crippen LogP contribution in [0.15, 0.2) is 43.0 Å². The molecule has 0 saturated heterocycles. The van der Waals surface area contributed by atoms with Gasteiger partial charge in [-0.3, -0.25) is 9.48 Å². The molecule has 1 aliphatic carbocycles. The Balaban J connectivity index is 1.41. The number of hydrogen-bond donors (Lipinski definition) is 3. The fourth-order valence-corrected chi connectivity index (χ4v) is 4.03. The van der Waals surface area contributed by atoms with Gasteiger partial charge in [0.15, 0.2) is 0 Å². The van der Waals surface area contributed by atoms with Gasteiger partial charge in [0.25, 0.3) is 0 Å². The Labute approximate surface area is 188 Å². The second-order valence-electron chi connectivity index (χ2n) is 8.26. The van der Waals surface area contributed by atoms with E-state index in [1.807, 2.05) is 19.3 Å². The third-order valence-electron chi connectivity index (χ3n) is 5.88. The maximum Gasteiger partial charge on any atom is 0.354 e. The van der Waals surface area contributed by atoms with Crippen LogP contribution in [0.25, 0.3) is 22.0 Å². The van der Waals surface area contributed by atoms with Crippen molar-refractivity contribution in [3.63, 3.8) is 0 Å². The van der Waals surface area contributed by atoms with Gasteiger partial charge in [-0.15, -0.1) is 0 Å². The molecular formula is C23H21N7O3. The smallest absolute Gasteiger partial charge is 0.354 e. The van der Waals surface area contributed by atoms with Crippen molar-refractivity contribution in [1.29, 1.82) is 0 Å². The summed E-state index contributed by atoms with van der Waals surface area (Å²) in [6, 6.07) is 5.07. The molecule has 1 aliphatic rings. The molecule has 10 nitrogen and oxygen atoms in total. The zero-order valence-electron chi connectivity index (χ0n) is 18.0. The van der Waals surface area contributed by atoms with Crippen LogP contribution in [0.2, 0.25) is 0 Å². The highest BCUT2D eigenvalue weighted by Gasteiger charge is 2.44. The Hall–Kier alpha value is -4.34. The van der Waals surface area contributed by atoms with E-state index in [-0.39, 0.29) is 29.3 Å². The molecule has 2 atom stereocenters. The van der Waals surface area contributed by atoms with E-state index in [2.05, 4.69) is 25.4 Å². The molecule has 33 heavy (non-hydrogen) atoms. The van der Waals surface area contributed by atoms with Crippen LogP contribution in [0.1, 0.15) is 34.0 Å². The largest absolute Gasteiger partial charge is 0.477 e. The third kappa shape index (κ3) is 3.86. The van der Waals surface area contributed by atoms with Crippen molar-refractivity contribution in [2.45, 2.75) is 19.3 Å². The van der Waals surface area contributed by atoms with Gasteiger partial charge in [-0.2, -0.15) is 5.10 Å². The molecule has 1 amide bonds. The minimum absolute atomic E-state index is 0.0381. The zero-order valence-corrected chi connectivity index (χ0v) is 18.0. The molecule has 4 aromatic heterocycles. The number of hydrogen-bond acceptors (Lipinski definition) is 7. The van der Waals surface area contributed by atoms with E-state index in [9.17, 15) is 9.59 Å². The molecule has 166 valence electrons. The number of aromatic carboxylic acids is 1. The van der Waals surface area contributed by atoms with E-state index < -0.39 is 5.97 Å². The number of aryl methyl sites for hydroxylation is 2. The topological polar surface area (TPSA) is 149 Å². The van der Waals surface area contributed by atoms with E-state index in [0.29, 0.717) is 28.0 Å². The van der Waals surface area contributed by atoms with Gasteiger partial charge in [0.1, 0.15) is 17.3 Å². The molecule has 4 aromatic rings. The van der Waals surface area contributed by atoms with Crippen molar-refractivity contribution in [2.24, 2.45) is 13.0 Å². The average molecular weight is 443 g/mol. The first-order chi connectivity index (χ1) is 15.8. The first-order valence-corrected chi connectivity index (χ1v) is 10.4. The van der Waals surface area contributed by atoms with Crippen LogP contribution in [0, 0.1) is 12.8 Å². The van der Waals surface area contributed by atoms with E-state index in [1.165, 1.54) is 12.3 Å². The summed E-state index contributed by atoms with van der Waals surface area (Å²) in [7, 11) is 1.85. The standard InChI is InChI=1S/C23H21N7O3/c1-11-3-19(23(32)33)25-8-16(11)18-4-12-5-20(26-9-17(12)21(24)28-18)29-22(31)15-6-14(15)13-7-27-30(2)10-13/h3-5,7-10,14-15H,6H2,1-2H3,(H2,24,28)(H,32,33)(H,26,29,31). The lowest BCUT2D eigenvalue weighted by Gasteiger charge is -2.10. The number of rotatable bonds is 5. The molecule has 0 aliphatic heterocycles. The van der Waals surface area contributed by atoms with Gasteiger partial charge in [0, 0.05) is 42.5 Å². The second-order valence-corrected chi connectivity index (χ2v) is 8.26. The van der Waals surface area contributed by atoms with Gasteiger partial charge in [0.05, 0.1) is 11.9 Å². The van der Waals surface area contributed by atoms with E-state index in [4.69, 9.17) is 10.8 Å². The molecule has 1 fully saturated rings. The molecule has 4 heterocycles. The lowest BCUT2D eigenvalue weighted by molar-refractivity contribution is -0.117. The number of nitrogens with one attached hydrogen (secondary N) is 1. The highest BCUT2D eigenvalue weighted by molar-refractivity contribution is 5.99. The van der Waals surface area contributed by atoms with Gasteiger partial charge in [-0.05, 0) is 54.0 Å². The van der Waals surface area contributed by atoms with Gasteiger partial charge < -0.3 is 16.2 Å². The SMILES string of the molecule is Cc1cc(C(=O)O)ncc1-c1cc2cc(NC(=O)C3CC3c3cnn(C)c3)ncc2c(N)n1. The van der Waals surface area contributed by atoms with E-state index in [1.54, 1.807) is 30.1 Å². The maximum atomic E-state index is 12.7. The first-order valence-electron chi connectivity index (χ1n) is 10.4. The van der Waals surface area contributed by atoms with Crippen LogP contribution in [-0.2, 0) is 11.8 Å². The first kappa shape index (κ1) is 20.6. The van der Waals surface area contributed by atoms with Crippen molar-refractivity contribution in [3.05, 3.63) is 59.8 Å². The van der Waals surface area contributed by atoms with Crippen molar-refractivity contribution >= 4 is 34.3 Å². The molecule has 0 aromatic carbocycles. The van der Waals surface area contributed by atoms with E-state index >= 15 is 0 Å². The number of anilines is 2. The number of aromatic nitrogens is 5. The summed E-state index contributed by atoms with van der Waals surface area (Å²) < 4.78 is 1.73. The van der Waals surface area contributed by atoms with Gasteiger partial charge in [-0.1, -0.05) is 0 Å². The summed E-state index contributed by atoms with van der Waals surface area (Å²) in [5.41, 5.74) is 9.13. The normalized spacial score (nSPS) is 17.2. The Morgan fingerprint density at radius 1 is 1.18 bits per heavy atom. The predicted molar refractivity (Wildman–Crippen MR) is 122 cm³/mol. The quantitative estimate of drug-likeness (QED) is 0.426. The minimum atomic E-state index is -1.09. The number of nitrogen functional groups attached to an aromatic ring is 1. The molecule has 0 radical (unpaired) electrons. The number of carboxylic acids is 1. The minimum Gasteiger partial charge on any atom is -0.477 e. The summed E-state index contributed by atoms with van der Waals surface area (Å²) in [6.45, 7) is 1.79. The molecule has 2 unspecified atom stereocenters. The van der Waals surface area contributed by atoms with Crippen LogP contribution >= 0.6 is 0 Å². The van der Waals surface area contributed by atoms with Crippen LogP contribution in [0.4, 0.5) is 11.6 Å². The van der Waals surface area contributed by atoms with Gasteiger partial charge >= 0.3 is 5.97 Å². The van der Waals surface area contributed by atoms with Crippen LogP contribution < -0.4 is 11.1 Å². The van der Waals surface area contributed by atoms with Crippen LogP contribution in [0.5, 0.6) is 0 Å². The molecule has 1 saturated carbocycles. The predicted octanol–water partition coefficient (Wildman–Crippen LogP) is 2.76. The molecule has 5 rings (SSSR count). The lowest BCUT2D eigenvalue weighted by atomic mass is 10.0.